The zero-order valence-corrected chi connectivity index (χ0v) is 65.1. The van der Waals surface area contributed by atoms with Crippen molar-refractivity contribution in [2.75, 3.05) is 0 Å². The molecule has 0 saturated heterocycles. The van der Waals surface area contributed by atoms with Gasteiger partial charge in [0.1, 0.15) is 73.1 Å². The van der Waals surface area contributed by atoms with Gasteiger partial charge in [0.25, 0.3) is 11.4 Å². The molecule has 8 aromatic carbocycles. The molecule has 0 bridgehead atoms. The fraction of sp³-hybridized carbons (Fsp3) is 0. The fourth-order valence-electron chi connectivity index (χ4n) is 7.35. The van der Waals surface area contributed by atoms with Crippen LogP contribution in [0.3, 0.4) is 0 Å². The van der Waals surface area contributed by atoms with E-state index < -0.39 is 184 Å². The minimum atomic E-state index is -5.39. The van der Waals surface area contributed by atoms with Crippen molar-refractivity contribution in [2.45, 2.75) is 19.6 Å². The Labute approximate surface area is 676 Å². The number of carboxylic acid groups (broad SMARTS) is 2. The first-order valence-corrected chi connectivity index (χ1v) is 28.1. The number of aromatic hydroxyl groups is 4. The van der Waals surface area contributed by atoms with Crippen molar-refractivity contribution in [1.82, 2.24) is 0 Å². The summed E-state index contributed by atoms with van der Waals surface area (Å²) in [6, 6.07) is 12.3. The second-order valence-electron chi connectivity index (χ2n) is 17.0. The van der Waals surface area contributed by atoms with E-state index in [-0.39, 0.29) is 241 Å². The Bertz CT molecular complexity index is 4720. The van der Waals surface area contributed by atoms with E-state index in [1.807, 2.05) is 0 Å². The van der Waals surface area contributed by atoms with Crippen LogP contribution in [0.25, 0.3) is 33.0 Å². The number of nitro groups is 2. The maximum absolute atomic E-state index is 12.5. The maximum Gasteiger partial charge on any atom is 3.00 e. The van der Waals surface area contributed by atoms with E-state index in [1.54, 1.807) is 0 Å². The molecule has 459 valence electrons. The number of azo groups is 4. The zero-order chi connectivity index (χ0) is 65.4. The number of phenolic OH excluding ortho intramolecular Hbond substituents is 4. The zero-order valence-electron chi connectivity index (χ0n) is 49.5. The molecular formula is C46H23CrN12Na6O26S4. The third kappa shape index (κ3) is 21.5. The summed E-state index contributed by atoms with van der Waals surface area (Å²) in [4.78, 5) is 37.8. The van der Waals surface area contributed by atoms with Crippen molar-refractivity contribution in [1.29, 1.82) is 0 Å². The van der Waals surface area contributed by atoms with Crippen molar-refractivity contribution >= 4 is 142 Å². The first kappa shape index (κ1) is 90.0. The molecule has 6 N–H and O–H groups in total. The molecule has 0 amide bonds. The number of non-ortho nitro benzene ring substituents is 2. The summed E-state index contributed by atoms with van der Waals surface area (Å²) >= 11 is 0. The van der Waals surface area contributed by atoms with E-state index in [4.69, 9.17) is 11.5 Å². The molecule has 49 heteroatoms. The van der Waals surface area contributed by atoms with Gasteiger partial charge in [-0.2, -0.15) is 30.7 Å². The Kier molecular flexibility index (Phi) is 33.8. The van der Waals surface area contributed by atoms with Crippen molar-refractivity contribution in [3.63, 3.8) is 0 Å². The first-order chi connectivity index (χ1) is 40.8. The molecule has 0 aliphatic rings. The summed E-state index contributed by atoms with van der Waals surface area (Å²) in [7, 11) is -21.3. The molecule has 0 unspecified atom stereocenters. The third-order valence-electron chi connectivity index (χ3n) is 11.3. The Balaban J connectivity index is 0. The average Bonchev–Trinajstić information content (AvgIpc) is 0.800. The van der Waals surface area contributed by atoms with E-state index in [9.17, 15) is 123 Å². The number of rotatable bonds is 16. The minimum absolute atomic E-state index is 0. The van der Waals surface area contributed by atoms with Crippen LogP contribution < -0.4 is 198 Å². The standard InChI is InChI=1S/2C23H16N6O13S2.Cr.6Na/c2*24-15-2-1-12-13(20(15)28-27-17-8-11(43(37,38)39)7-14(21(17)31)23(33)34)3-9(4-18(12)30)25-26-16-5-10(29(35)36)6-19(22(16)32)44(40,41)42;;;;;;;/h2*1-8H,(H8,24,25,26,27,28,30,31,32,33,34,37,38,39,40,41,42);;;;;;;/q;;+3;6*+1/p-9. The number of carboxylic acids is 2. The van der Waals surface area contributed by atoms with Crippen LogP contribution in [0.4, 0.5) is 68.2 Å². The Morgan fingerprint density at radius 1 is 0.421 bits per heavy atom. The Morgan fingerprint density at radius 3 is 1.00 bits per heavy atom. The van der Waals surface area contributed by atoms with Crippen molar-refractivity contribution in [2.24, 2.45) is 40.9 Å². The summed E-state index contributed by atoms with van der Waals surface area (Å²) in [6.45, 7) is 0. The predicted molar refractivity (Wildman–Crippen MR) is 279 cm³/mol. The number of nitrogens with one attached hydrogen (secondary N) is 2. The van der Waals surface area contributed by atoms with Gasteiger partial charge in [-0.1, -0.05) is 35.8 Å². The van der Waals surface area contributed by atoms with Crippen LogP contribution in [0.1, 0.15) is 22.1 Å². The van der Waals surface area contributed by atoms with E-state index in [0.29, 0.717) is 36.4 Å². The average molecular weight is 1480 g/mol. The summed E-state index contributed by atoms with van der Waals surface area (Å²) in [5.74, 6) is -10.5. The van der Waals surface area contributed by atoms with E-state index in [1.165, 1.54) is 12.1 Å². The monoisotopic (exact) mass is 1480 g/mol. The molecule has 0 heterocycles. The number of phenols is 4. The Hall–Kier alpha value is -5.01. The largest absolute Gasteiger partial charge is 3.00 e. The summed E-state index contributed by atoms with van der Waals surface area (Å²) in [6.07, 6.45) is 0. The topological polar surface area (TPSA) is 669 Å². The number of hydrogen-bond donors (Lipinski definition) is 4. The molecule has 0 aromatic heterocycles. The number of nitrogens with zero attached hydrogens (tertiary/aromatic N) is 10. The molecule has 0 aliphatic carbocycles. The number of carbonyl (C=O) groups excluding carboxylic acids is 2. The second-order valence-corrected chi connectivity index (χ2v) is 22.5. The normalized spacial score (nSPS) is 11.4. The van der Waals surface area contributed by atoms with Crippen molar-refractivity contribution in [3.8, 4) is 34.5 Å². The van der Waals surface area contributed by atoms with Crippen LogP contribution in [0, 0.1) is 20.2 Å². The number of nitro benzene ring substituents is 2. The van der Waals surface area contributed by atoms with Crippen LogP contribution in [-0.2, 0) is 57.8 Å². The number of carbonyl (C=O) groups is 2. The summed E-state index contributed by atoms with van der Waals surface area (Å²) in [5.41, 5.74) is 6.37. The fourth-order valence-corrected chi connectivity index (χ4v) is 9.60. The van der Waals surface area contributed by atoms with Gasteiger partial charge in [0, 0.05) is 57.9 Å². The molecule has 0 aliphatic heterocycles. The Morgan fingerprint density at radius 2 is 0.726 bits per heavy atom. The molecule has 0 atom stereocenters. The van der Waals surface area contributed by atoms with Gasteiger partial charge >= 0.3 is 196 Å². The van der Waals surface area contributed by atoms with Crippen molar-refractivity contribution in [3.05, 3.63) is 140 Å². The SMILES string of the molecule is [Cr+3].[H+].[NH-]c1ccc2c(O)cc(N=Nc3cc([N+](=O)[O-])cc(S(=O)(=O)[O-])c3O)cc2c1N=Nc1cc(S(=O)(=O)[O-])cc(C(=O)[O-])c1[O-].[NH-]c1ccc2c(O)cc(N=Nc3cc([N+](=O)[O-])cc(S(=O)(=O)[O-])c3O)cc2c1N=Nc1cc(S(=O)(=O)[O-])cc(C(=O)[O-])c1[O-].[Na+].[Na+].[Na+].[Na+].[Na+].[Na+]. The molecule has 0 spiro atoms. The van der Waals surface area contributed by atoms with E-state index in [2.05, 4.69) is 40.9 Å². The third-order valence-corrected chi connectivity index (χ3v) is 14.7. The summed E-state index contributed by atoms with van der Waals surface area (Å²) < 4.78 is 137. The first-order valence-electron chi connectivity index (χ1n) is 22.5. The predicted octanol–water partition coefficient (Wildman–Crippen LogP) is -12.0. The van der Waals surface area contributed by atoms with Crippen LogP contribution in [0.2, 0.25) is 0 Å². The van der Waals surface area contributed by atoms with Crippen LogP contribution in [-0.4, -0.2) is 94.1 Å². The quantitative estimate of drug-likeness (QED) is 0.0229. The maximum atomic E-state index is 12.5. The molecule has 0 fully saturated rings. The van der Waals surface area contributed by atoms with Gasteiger partial charge in [0.05, 0.1) is 65.7 Å². The van der Waals surface area contributed by atoms with Gasteiger partial charge in [-0.25, -0.2) is 33.7 Å². The van der Waals surface area contributed by atoms with Crippen LogP contribution in [0.15, 0.2) is 158 Å². The molecular weight excluding hydrogens is 1450 g/mol. The van der Waals surface area contributed by atoms with Gasteiger partial charge in [0.15, 0.2) is 11.5 Å². The minimum Gasteiger partial charge on any atom is -0.871 e. The molecule has 38 nitrogen and oxygen atoms in total. The van der Waals surface area contributed by atoms with Crippen LogP contribution >= 0.6 is 0 Å². The molecule has 95 heavy (non-hydrogen) atoms. The van der Waals surface area contributed by atoms with Gasteiger partial charge in [-0.3, -0.25) is 20.2 Å². The number of aromatic carboxylic acids is 2. The number of benzene rings is 8. The smallest absolute Gasteiger partial charge is 0.871 e. The van der Waals surface area contributed by atoms with Gasteiger partial charge in [0.2, 0.25) is 0 Å². The number of hydrogen-bond acceptors (Lipinski definition) is 34. The van der Waals surface area contributed by atoms with Crippen molar-refractivity contribution < 1.29 is 308 Å². The molecule has 8 aromatic rings. The molecule has 0 saturated carbocycles. The molecule has 1 radical (unpaired) electrons. The van der Waals surface area contributed by atoms with Crippen LogP contribution in [0.5, 0.6) is 34.5 Å². The van der Waals surface area contributed by atoms with E-state index in [0.717, 1.165) is 36.4 Å². The number of fused-ring (bicyclic) bond motifs is 2. The van der Waals surface area contributed by atoms with E-state index >= 15 is 0 Å². The van der Waals surface area contributed by atoms with Gasteiger partial charge in [-0.15, -0.1) is 21.6 Å². The molecule has 8 rings (SSSR count). The van der Waals surface area contributed by atoms with Gasteiger partial charge in [-0.05, 0) is 47.5 Å². The summed E-state index contributed by atoms with van der Waals surface area (Å²) in [5, 5.41) is 140. The second kappa shape index (κ2) is 35.7. The van der Waals surface area contributed by atoms with Gasteiger partial charge < -0.3 is 80.1 Å².